The van der Waals surface area contributed by atoms with Crippen molar-refractivity contribution in [2.24, 2.45) is 0 Å². The van der Waals surface area contributed by atoms with Crippen molar-refractivity contribution in [1.82, 2.24) is 16.0 Å². The van der Waals surface area contributed by atoms with Gasteiger partial charge in [0.15, 0.2) is 0 Å². The van der Waals surface area contributed by atoms with Gasteiger partial charge < -0.3 is 20.7 Å². The molecule has 0 spiro atoms. The van der Waals surface area contributed by atoms with E-state index in [9.17, 15) is 9.59 Å². The van der Waals surface area contributed by atoms with E-state index in [1.54, 1.807) is 7.11 Å². The standard InChI is InChI=1S/C9H19N3O3/c1-3-11-9(14)7-12-8(13)6-10-4-5-15-2/h10H,3-7H2,1-2H3,(H,11,14)(H,12,13). The van der Waals surface area contributed by atoms with E-state index in [1.807, 2.05) is 6.92 Å². The third-order valence-corrected chi connectivity index (χ3v) is 1.59. The molecule has 0 radical (unpaired) electrons. The Morgan fingerprint density at radius 3 is 2.40 bits per heavy atom. The molecule has 0 aromatic rings. The molecule has 3 N–H and O–H groups in total. The van der Waals surface area contributed by atoms with Crippen LogP contribution in [0.25, 0.3) is 0 Å². The molecule has 88 valence electrons. The molecule has 0 aliphatic rings. The maximum atomic E-state index is 11.1. The van der Waals surface area contributed by atoms with Crippen LogP contribution >= 0.6 is 0 Å². The molecule has 0 saturated heterocycles. The Balaban J connectivity index is 3.36. The van der Waals surface area contributed by atoms with Gasteiger partial charge in [-0.15, -0.1) is 0 Å². The number of methoxy groups -OCH3 is 1. The minimum absolute atomic E-state index is 0.0264. The van der Waals surface area contributed by atoms with Crippen LogP contribution in [0.5, 0.6) is 0 Å². The van der Waals surface area contributed by atoms with Crippen LogP contribution in [-0.4, -0.2) is 51.7 Å². The number of likely N-dealkylation sites (N-methyl/N-ethyl adjacent to an activating group) is 1. The van der Waals surface area contributed by atoms with Gasteiger partial charge in [-0.2, -0.15) is 0 Å². The molecule has 0 bridgehead atoms. The Labute approximate surface area is 89.7 Å². The van der Waals surface area contributed by atoms with Gasteiger partial charge in [-0.3, -0.25) is 9.59 Å². The Morgan fingerprint density at radius 2 is 1.80 bits per heavy atom. The molecule has 6 heteroatoms. The van der Waals surface area contributed by atoms with E-state index in [-0.39, 0.29) is 24.9 Å². The number of amides is 2. The van der Waals surface area contributed by atoms with Crippen LogP contribution in [-0.2, 0) is 14.3 Å². The monoisotopic (exact) mass is 217 g/mol. The average molecular weight is 217 g/mol. The van der Waals surface area contributed by atoms with Gasteiger partial charge in [-0.25, -0.2) is 0 Å². The summed E-state index contributed by atoms with van der Waals surface area (Å²) in [5.74, 6) is -0.375. The lowest BCUT2D eigenvalue weighted by molar-refractivity contribution is -0.125. The molecule has 0 aliphatic carbocycles. The van der Waals surface area contributed by atoms with E-state index >= 15 is 0 Å². The highest BCUT2D eigenvalue weighted by Gasteiger charge is 2.03. The predicted octanol–water partition coefficient (Wildman–Crippen LogP) is -1.53. The largest absolute Gasteiger partial charge is 0.383 e. The second kappa shape index (κ2) is 9.42. The molecule has 0 fully saturated rings. The first kappa shape index (κ1) is 13.9. The number of carbonyl (C=O) groups excluding carboxylic acids is 2. The molecule has 15 heavy (non-hydrogen) atoms. The van der Waals surface area contributed by atoms with Crippen molar-refractivity contribution in [3.05, 3.63) is 0 Å². The third kappa shape index (κ3) is 9.17. The van der Waals surface area contributed by atoms with Gasteiger partial charge in [0.05, 0.1) is 19.7 Å². The predicted molar refractivity (Wildman–Crippen MR) is 56.4 cm³/mol. The molecular formula is C9H19N3O3. The zero-order valence-electron chi connectivity index (χ0n) is 9.26. The van der Waals surface area contributed by atoms with Crippen molar-refractivity contribution in [2.75, 3.05) is 39.9 Å². The lowest BCUT2D eigenvalue weighted by Crippen LogP contribution is -2.41. The van der Waals surface area contributed by atoms with E-state index < -0.39 is 0 Å². The molecule has 6 nitrogen and oxygen atoms in total. The number of ether oxygens (including phenoxy) is 1. The second-order valence-corrected chi connectivity index (χ2v) is 2.90. The van der Waals surface area contributed by atoms with Gasteiger partial charge in [0, 0.05) is 20.2 Å². The first-order valence-corrected chi connectivity index (χ1v) is 4.93. The summed E-state index contributed by atoms with van der Waals surface area (Å²) in [5, 5.41) is 7.95. The zero-order chi connectivity index (χ0) is 11.5. The van der Waals surface area contributed by atoms with Crippen LogP contribution < -0.4 is 16.0 Å². The van der Waals surface area contributed by atoms with E-state index in [2.05, 4.69) is 16.0 Å². The number of hydrogen-bond acceptors (Lipinski definition) is 4. The number of nitrogens with one attached hydrogen (secondary N) is 3. The fourth-order valence-electron chi connectivity index (χ4n) is 0.877. The van der Waals surface area contributed by atoms with Gasteiger partial charge in [0.2, 0.25) is 11.8 Å². The van der Waals surface area contributed by atoms with Gasteiger partial charge in [0.1, 0.15) is 0 Å². The van der Waals surface area contributed by atoms with Crippen LogP contribution in [0.3, 0.4) is 0 Å². The van der Waals surface area contributed by atoms with Crippen molar-refractivity contribution in [3.63, 3.8) is 0 Å². The van der Waals surface area contributed by atoms with Crippen molar-refractivity contribution < 1.29 is 14.3 Å². The lowest BCUT2D eigenvalue weighted by Gasteiger charge is -2.06. The van der Waals surface area contributed by atoms with Gasteiger partial charge >= 0.3 is 0 Å². The lowest BCUT2D eigenvalue weighted by atomic mass is 10.5. The van der Waals surface area contributed by atoms with E-state index in [0.717, 1.165) is 0 Å². The molecule has 0 unspecified atom stereocenters. The van der Waals surface area contributed by atoms with Crippen molar-refractivity contribution >= 4 is 11.8 Å². The van der Waals surface area contributed by atoms with Crippen molar-refractivity contribution in [2.45, 2.75) is 6.92 Å². The summed E-state index contributed by atoms with van der Waals surface area (Å²) < 4.78 is 4.80. The Kier molecular flexibility index (Phi) is 8.70. The van der Waals surface area contributed by atoms with Crippen LogP contribution in [0.1, 0.15) is 6.92 Å². The SMILES string of the molecule is CCNC(=O)CNC(=O)CNCCOC. The Bertz CT molecular complexity index is 197. The van der Waals surface area contributed by atoms with Crippen LogP contribution in [0.4, 0.5) is 0 Å². The van der Waals surface area contributed by atoms with E-state index in [0.29, 0.717) is 19.7 Å². The van der Waals surface area contributed by atoms with Gasteiger partial charge in [-0.1, -0.05) is 0 Å². The summed E-state index contributed by atoms with van der Waals surface area (Å²) in [7, 11) is 1.59. The smallest absolute Gasteiger partial charge is 0.239 e. The molecule has 0 aromatic carbocycles. The van der Waals surface area contributed by atoms with Gasteiger partial charge in [0.25, 0.3) is 0 Å². The summed E-state index contributed by atoms with van der Waals surface area (Å²) in [6.45, 7) is 3.79. The van der Waals surface area contributed by atoms with Gasteiger partial charge in [-0.05, 0) is 6.92 Å². The number of rotatable bonds is 8. The molecule has 0 aromatic heterocycles. The summed E-state index contributed by atoms with van der Waals surface area (Å²) in [5.41, 5.74) is 0. The molecule has 2 amide bonds. The molecule has 0 heterocycles. The average Bonchev–Trinajstić information content (AvgIpc) is 2.22. The highest BCUT2D eigenvalue weighted by atomic mass is 16.5. The number of hydrogen-bond donors (Lipinski definition) is 3. The molecule has 0 saturated carbocycles. The van der Waals surface area contributed by atoms with Crippen LogP contribution in [0, 0.1) is 0 Å². The normalized spacial score (nSPS) is 9.73. The Morgan fingerprint density at radius 1 is 1.13 bits per heavy atom. The summed E-state index contributed by atoms with van der Waals surface area (Å²) in [6.07, 6.45) is 0. The summed E-state index contributed by atoms with van der Waals surface area (Å²) in [4.78, 5) is 22.1. The van der Waals surface area contributed by atoms with Crippen LogP contribution in [0.15, 0.2) is 0 Å². The quantitative estimate of drug-likeness (QED) is 0.431. The fourth-order valence-corrected chi connectivity index (χ4v) is 0.877. The van der Waals surface area contributed by atoms with E-state index in [4.69, 9.17) is 4.74 Å². The van der Waals surface area contributed by atoms with Crippen molar-refractivity contribution in [3.8, 4) is 0 Å². The first-order chi connectivity index (χ1) is 7.20. The maximum Gasteiger partial charge on any atom is 0.239 e. The maximum absolute atomic E-state index is 11.1. The first-order valence-electron chi connectivity index (χ1n) is 4.93. The molecule has 0 aliphatic heterocycles. The summed E-state index contributed by atoms with van der Waals surface area (Å²) in [6, 6.07) is 0. The molecular weight excluding hydrogens is 198 g/mol. The second-order valence-electron chi connectivity index (χ2n) is 2.90. The minimum atomic E-state index is -0.197. The fraction of sp³-hybridized carbons (Fsp3) is 0.778. The molecule has 0 atom stereocenters. The highest BCUT2D eigenvalue weighted by Crippen LogP contribution is 1.68. The summed E-state index contributed by atoms with van der Waals surface area (Å²) >= 11 is 0. The van der Waals surface area contributed by atoms with Crippen LogP contribution in [0.2, 0.25) is 0 Å². The molecule has 0 rings (SSSR count). The minimum Gasteiger partial charge on any atom is -0.383 e. The third-order valence-electron chi connectivity index (χ3n) is 1.59. The van der Waals surface area contributed by atoms with Crippen molar-refractivity contribution in [1.29, 1.82) is 0 Å². The topological polar surface area (TPSA) is 79.5 Å². The van der Waals surface area contributed by atoms with E-state index in [1.165, 1.54) is 0 Å². The highest BCUT2D eigenvalue weighted by molar-refractivity contribution is 5.85. The zero-order valence-corrected chi connectivity index (χ0v) is 9.26. The number of carbonyl (C=O) groups is 2. The Hall–Kier alpha value is -1.14.